The molecule has 0 saturated carbocycles. The van der Waals surface area contributed by atoms with Crippen LogP contribution < -0.4 is 10.9 Å². The summed E-state index contributed by atoms with van der Waals surface area (Å²) in [4.78, 5) is 42.4. The number of cyclic esters (lactones) is 1. The number of benzene rings is 1. The Hall–Kier alpha value is -3.72. The summed E-state index contributed by atoms with van der Waals surface area (Å²) in [6.45, 7) is 3.45. The van der Waals surface area contributed by atoms with Crippen LogP contribution >= 0.6 is 0 Å². The maximum Gasteiger partial charge on any atom is 0.407 e. The number of nitrogens with zero attached hydrogens (tertiary/aromatic N) is 2. The predicted molar refractivity (Wildman–Crippen MR) is 118 cm³/mol. The van der Waals surface area contributed by atoms with E-state index in [1.807, 2.05) is 30.3 Å². The number of hydrogen-bond donors (Lipinski definition) is 2. The average Bonchev–Trinajstić information content (AvgIpc) is 3.13. The van der Waals surface area contributed by atoms with Crippen molar-refractivity contribution >= 4 is 23.0 Å². The molecule has 2 aromatic heterocycles. The largest absolute Gasteiger partial charge is 0.458 e. The molecule has 2 N–H and O–H groups in total. The summed E-state index contributed by atoms with van der Waals surface area (Å²) in [5.41, 5.74) is 0.782. The molecular weight excluding hydrogens is 426 g/mol. The lowest BCUT2D eigenvalue weighted by atomic mass is 9.85. The van der Waals surface area contributed by atoms with Gasteiger partial charge in [-0.25, -0.2) is 14.6 Å². The van der Waals surface area contributed by atoms with E-state index in [1.165, 1.54) is 0 Å². The monoisotopic (exact) mass is 449 g/mol. The van der Waals surface area contributed by atoms with Crippen molar-refractivity contribution in [1.82, 2.24) is 14.9 Å². The molecule has 5 rings (SSSR count). The van der Waals surface area contributed by atoms with Crippen molar-refractivity contribution < 1.29 is 24.2 Å². The lowest BCUT2D eigenvalue weighted by molar-refractivity contribution is -0.173. The van der Waals surface area contributed by atoms with Gasteiger partial charge in [0.15, 0.2) is 5.60 Å². The Kier molecular flexibility index (Phi) is 4.93. The van der Waals surface area contributed by atoms with Gasteiger partial charge < -0.3 is 24.5 Å². The molecule has 1 atom stereocenters. The molecule has 3 aromatic rings. The standard InChI is InChI=1S/C24H23N3O6/c1-13(2)25-23(30)32-8-7-24(31)17-10-19-20-15(9-14-5-3-4-6-18(14)26-20)11-27(19)21(28)16(17)12-33-22(24)29/h3-6,9-10,13,31H,7-8,11-12H2,1-2H3,(H,25,30). The Morgan fingerprint density at radius 1 is 1.30 bits per heavy atom. The fraction of sp³-hybridized carbons (Fsp3) is 0.333. The Morgan fingerprint density at radius 2 is 2.09 bits per heavy atom. The highest BCUT2D eigenvalue weighted by atomic mass is 16.6. The number of carbonyl (C=O) groups excluding carboxylic acids is 2. The van der Waals surface area contributed by atoms with Gasteiger partial charge in [0.1, 0.15) is 6.61 Å². The molecule has 33 heavy (non-hydrogen) atoms. The third-order valence-corrected chi connectivity index (χ3v) is 6.01. The first-order chi connectivity index (χ1) is 15.8. The summed E-state index contributed by atoms with van der Waals surface area (Å²) >= 11 is 0. The van der Waals surface area contributed by atoms with Crippen LogP contribution in [0.15, 0.2) is 41.2 Å². The number of hydrogen-bond acceptors (Lipinski definition) is 7. The van der Waals surface area contributed by atoms with Crippen molar-refractivity contribution in [2.75, 3.05) is 6.61 Å². The molecule has 170 valence electrons. The van der Waals surface area contributed by atoms with Crippen LogP contribution in [0.25, 0.3) is 22.3 Å². The van der Waals surface area contributed by atoms with Crippen molar-refractivity contribution in [2.45, 2.75) is 45.1 Å². The van der Waals surface area contributed by atoms with Crippen LogP contribution in [0.2, 0.25) is 0 Å². The van der Waals surface area contributed by atoms with Crippen LogP contribution in [0.1, 0.15) is 37.0 Å². The summed E-state index contributed by atoms with van der Waals surface area (Å²) in [5.74, 6) is -0.878. The average molecular weight is 449 g/mol. The minimum absolute atomic E-state index is 0.118. The number of fused-ring (bicyclic) bond motifs is 5. The van der Waals surface area contributed by atoms with E-state index in [1.54, 1.807) is 24.5 Å². The number of rotatable bonds is 4. The SMILES string of the molecule is CC(C)NC(=O)OCCC1(O)C(=O)OCc2c1cc1n(c2=O)Cc2cc3ccccc3nc2-1. The molecule has 4 heterocycles. The van der Waals surface area contributed by atoms with Gasteiger partial charge in [-0.2, -0.15) is 0 Å². The van der Waals surface area contributed by atoms with E-state index in [0.29, 0.717) is 17.9 Å². The molecular formula is C24H23N3O6. The number of pyridine rings is 2. The Morgan fingerprint density at radius 3 is 2.88 bits per heavy atom. The highest BCUT2D eigenvalue weighted by molar-refractivity contribution is 5.86. The van der Waals surface area contributed by atoms with Gasteiger partial charge in [0, 0.05) is 29.0 Å². The number of nitrogens with one attached hydrogen (secondary N) is 1. The summed E-state index contributed by atoms with van der Waals surface area (Å²) in [6.07, 6.45) is -0.900. The predicted octanol–water partition coefficient (Wildman–Crippen LogP) is 2.19. The first-order valence-corrected chi connectivity index (χ1v) is 10.8. The Labute approximate surface area is 189 Å². The quantitative estimate of drug-likeness (QED) is 0.458. The molecule has 0 radical (unpaired) electrons. The van der Waals surface area contributed by atoms with Crippen LogP contribution in [0.4, 0.5) is 4.79 Å². The first kappa shape index (κ1) is 21.1. The second-order valence-electron chi connectivity index (χ2n) is 8.62. The number of amides is 1. The third kappa shape index (κ3) is 3.45. The smallest absolute Gasteiger partial charge is 0.407 e. The van der Waals surface area contributed by atoms with Crippen molar-refractivity contribution in [2.24, 2.45) is 0 Å². The highest BCUT2D eigenvalue weighted by Gasteiger charge is 2.46. The van der Waals surface area contributed by atoms with Crippen molar-refractivity contribution in [3.05, 3.63) is 63.4 Å². The first-order valence-electron chi connectivity index (χ1n) is 10.8. The van der Waals surface area contributed by atoms with Gasteiger partial charge in [0.25, 0.3) is 5.56 Å². The number of carbonyl (C=O) groups is 2. The van der Waals surface area contributed by atoms with Crippen molar-refractivity contribution in [1.29, 1.82) is 0 Å². The van der Waals surface area contributed by atoms with Gasteiger partial charge in [0.05, 0.1) is 35.6 Å². The Bertz CT molecular complexity index is 1360. The number of ether oxygens (including phenoxy) is 2. The Balaban J connectivity index is 1.54. The normalized spacial score (nSPS) is 18.5. The molecule has 2 aliphatic heterocycles. The van der Waals surface area contributed by atoms with E-state index in [0.717, 1.165) is 16.5 Å². The van der Waals surface area contributed by atoms with E-state index in [-0.39, 0.29) is 42.4 Å². The minimum atomic E-state index is -2.11. The third-order valence-electron chi connectivity index (χ3n) is 6.01. The number of aromatic nitrogens is 2. The summed E-state index contributed by atoms with van der Waals surface area (Å²) in [6, 6.07) is 11.2. The summed E-state index contributed by atoms with van der Waals surface area (Å²) in [7, 11) is 0. The van der Waals surface area contributed by atoms with Crippen LogP contribution in [-0.4, -0.2) is 39.4 Å². The van der Waals surface area contributed by atoms with Gasteiger partial charge in [-0.1, -0.05) is 18.2 Å². The van der Waals surface area contributed by atoms with Crippen molar-refractivity contribution in [3.8, 4) is 11.4 Å². The van der Waals surface area contributed by atoms with E-state index in [9.17, 15) is 19.5 Å². The zero-order chi connectivity index (χ0) is 23.3. The maximum atomic E-state index is 13.3. The lowest BCUT2D eigenvalue weighted by Crippen LogP contribution is -2.45. The van der Waals surface area contributed by atoms with Crippen LogP contribution in [-0.2, 0) is 33.0 Å². The van der Waals surface area contributed by atoms with Gasteiger partial charge in [-0.15, -0.1) is 0 Å². The number of esters is 1. The molecule has 0 fully saturated rings. The molecule has 2 aliphatic rings. The molecule has 1 aromatic carbocycles. The maximum absolute atomic E-state index is 13.3. The van der Waals surface area contributed by atoms with E-state index in [4.69, 9.17) is 14.5 Å². The van der Waals surface area contributed by atoms with Crippen LogP contribution in [0.5, 0.6) is 0 Å². The molecule has 0 spiro atoms. The van der Waals surface area contributed by atoms with Gasteiger partial charge in [-0.3, -0.25) is 4.79 Å². The fourth-order valence-corrected chi connectivity index (χ4v) is 4.40. The topological polar surface area (TPSA) is 120 Å². The number of aliphatic hydroxyl groups is 1. The molecule has 9 nitrogen and oxygen atoms in total. The van der Waals surface area contributed by atoms with Gasteiger partial charge in [0.2, 0.25) is 0 Å². The molecule has 0 bridgehead atoms. The number of alkyl carbamates (subject to hydrolysis) is 1. The molecule has 1 unspecified atom stereocenters. The summed E-state index contributed by atoms with van der Waals surface area (Å²) < 4.78 is 11.8. The molecule has 0 aliphatic carbocycles. The summed E-state index contributed by atoms with van der Waals surface area (Å²) in [5, 5.41) is 14.8. The van der Waals surface area contributed by atoms with E-state index < -0.39 is 17.7 Å². The zero-order valence-electron chi connectivity index (χ0n) is 18.3. The van der Waals surface area contributed by atoms with Crippen LogP contribution in [0.3, 0.4) is 0 Å². The van der Waals surface area contributed by atoms with E-state index >= 15 is 0 Å². The van der Waals surface area contributed by atoms with Gasteiger partial charge >= 0.3 is 12.1 Å². The lowest BCUT2D eigenvalue weighted by Gasteiger charge is -2.32. The van der Waals surface area contributed by atoms with E-state index in [2.05, 4.69) is 5.32 Å². The van der Waals surface area contributed by atoms with Crippen LogP contribution in [0, 0.1) is 0 Å². The molecule has 0 saturated heterocycles. The highest BCUT2D eigenvalue weighted by Crippen LogP contribution is 2.38. The van der Waals surface area contributed by atoms with Gasteiger partial charge in [-0.05, 0) is 32.0 Å². The second-order valence-corrected chi connectivity index (χ2v) is 8.62. The molecule has 9 heteroatoms. The van der Waals surface area contributed by atoms with Crippen molar-refractivity contribution in [3.63, 3.8) is 0 Å². The number of para-hydroxylation sites is 1. The molecule has 1 amide bonds. The minimum Gasteiger partial charge on any atom is -0.458 e. The fourth-order valence-electron chi connectivity index (χ4n) is 4.40. The second kappa shape index (κ2) is 7.70. The zero-order valence-corrected chi connectivity index (χ0v) is 18.3.